The number of thiophene rings is 1. The van der Waals surface area contributed by atoms with Gasteiger partial charge >= 0.3 is 5.97 Å². The molecule has 0 spiro atoms. The summed E-state index contributed by atoms with van der Waals surface area (Å²) < 4.78 is 16.4. The topological polar surface area (TPSA) is 103 Å². The first-order valence-corrected chi connectivity index (χ1v) is 13.6. The number of hydrogen-bond donors (Lipinski definition) is 2. The van der Waals surface area contributed by atoms with Gasteiger partial charge in [-0.3, -0.25) is 9.59 Å². The molecule has 2 amide bonds. The van der Waals surface area contributed by atoms with Gasteiger partial charge in [-0.15, -0.1) is 11.3 Å². The first kappa shape index (κ1) is 27.2. The molecular weight excluding hydrogens is 504 g/mol. The van der Waals surface area contributed by atoms with Crippen LogP contribution in [0.15, 0.2) is 48.5 Å². The first-order valence-electron chi connectivity index (χ1n) is 12.8. The van der Waals surface area contributed by atoms with E-state index in [0.29, 0.717) is 34.2 Å². The van der Waals surface area contributed by atoms with Crippen LogP contribution in [0, 0.1) is 0 Å². The molecule has 38 heavy (non-hydrogen) atoms. The molecule has 1 heterocycles. The zero-order valence-corrected chi connectivity index (χ0v) is 22.6. The third-order valence-electron chi connectivity index (χ3n) is 6.11. The number of amides is 2. The van der Waals surface area contributed by atoms with Crippen LogP contribution in [0.3, 0.4) is 0 Å². The van der Waals surface area contributed by atoms with Crippen LogP contribution in [0.4, 0.5) is 10.7 Å². The second kappa shape index (κ2) is 12.6. The van der Waals surface area contributed by atoms with Crippen LogP contribution in [-0.4, -0.2) is 37.1 Å². The molecule has 4 rings (SSSR count). The Labute approximate surface area is 226 Å². The van der Waals surface area contributed by atoms with E-state index in [1.54, 1.807) is 62.4 Å². The number of aryl methyl sites for hydroxylation is 1. The molecule has 0 bridgehead atoms. The molecule has 0 saturated heterocycles. The summed E-state index contributed by atoms with van der Waals surface area (Å²) in [6, 6.07) is 13.6. The summed E-state index contributed by atoms with van der Waals surface area (Å²) in [7, 11) is 0. The van der Waals surface area contributed by atoms with E-state index < -0.39 is 12.1 Å². The van der Waals surface area contributed by atoms with Crippen molar-refractivity contribution >= 4 is 39.8 Å². The molecular formula is C29H32N2O6S. The minimum atomic E-state index is -0.758. The molecule has 2 aromatic carbocycles. The predicted molar refractivity (Wildman–Crippen MR) is 148 cm³/mol. The van der Waals surface area contributed by atoms with E-state index in [4.69, 9.17) is 14.2 Å². The lowest BCUT2D eigenvalue weighted by atomic mass is 9.95. The van der Waals surface area contributed by atoms with Gasteiger partial charge < -0.3 is 24.8 Å². The van der Waals surface area contributed by atoms with Crippen molar-refractivity contribution in [1.82, 2.24) is 0 Å². The summed E-state index contributed by atoms with van der Waals surface area (Å²) >= 11 is 1.45. The molecule has 2 N–H and O–H groups in total. The van der Waals surface area contributed by atoms with Crippen LogP contribution in [0.1, 0.15) is 64.8 Å². The lowest BCUT2D eigenvalue weighted by Crippen LogP contribution is -2.30. The summed E-state index contributed by atoms with van der Waals surface area (Å²) in [5.41, 5.74) is 2.52. The minimum Gasteiger partial charge on any atom is -0.494 e. The fourth-order valence-electron chi connectivity index (χ4n) is 4.24. The normalized spacial score (nSPS) is 13.1. The van der Waals surface area contributed by atoms with Gasteiger partial charge in [-0.25, -0.2) is 4.79 Å². The average molecular weight is 537 g/mol. The summed E-state index contributed by atoms with van der Waals surface area (Å²) in [6.07, 6.45) is 3.04. The molecule has 200 valence electrons. The zero-order valence-electron chi connectivity index (χ0n) is 21.8. The van der Waals surface area contributed by atoms with Crippen LogP contribution >= 0.6 is 11.3 Å². The number of ether oxygens (including phenoxy) is 3. The van der Waals surface area contributed by atoms with Gasteiger partial charge in [0.25, 0.3) is 11.8 Å². The lowest BCUT2D eigenvalue weighted by molar-refractivity contribution is -0.122. The van der Waals surface area contributed by atoms with Crippen molar-refractivity contribution in [2.45, 2.75) is 52.6 Å². The van der Waals surface area contributed by atoms with Crippen molar-refractivity contribution in [2.24, 2.45) is 0 Å². The molecule has 0 unspecified atom stereocenters. The Balaban J connectivity index is 1.38. The van der Waals surface area contributed by atoms with Gasteiger partial charge in [0.15, 0.2) is 6.10 Å². The van der Waals surface area contributed by atoms with E-state index in [9.17, 15) is 14.4 Å². The summed E-state index contributed by atoms with van der Waals surface area (Å²) in [4.78, 5) is 39.3. The summed E-state index contributed by atoms with van der Waals surface area (Å²) in [5, 5.41) is 6.25. The van der Waals surface area contributed by atoms with Crippen molar-refractivity contribution in [3.8, 4) is 11.5 Å². The lowest BCUT2D eigenvalue weighted by Gasteiger charge is -2.15. The van der Waals surface area contributed by atoms with Crippen molar-refractivity contribution in [2.75, 3.05) is 23.8 Å². The molecule has 9 heteroatoms. The number of esters is 1. The SMILES string of the molecule is CCOC(=O)c1c(NC(=O)c2ccc(O[C@@H](C)C(=O)Nc3ccc(OCC)cc3)cc2)sc2c1CCCC2. The second-order valence-electron chi connectivity index (χ2n) is 8.82. The first-order chi connectivity index (χ1) is 18.4. The maximum atomic E-state index is 13.0. The third kappa shape index (κ3) is 6.52. The number of hydrogen-bond acceptors (Lipinski definition) is 7. The number of fused-ring (bicyclic) bond motifs is 1. The van der Waals surface area contributed by atoms with Crippen LogP contribution in [-0.2, 0) is 22.4 Å². The average Bonchev–Trinajstić information content (AvgIpc) is 3.28. The molecule has 1 aliphatic rings. The van der Waals surface area contributed by atoms with Gasteiger partial charge in [0.2, 0.25) is 0 Å². The molecule has 8 nitrogen and oxygen atoms in total. The number of rotatable bonds is 10. The Kier molecular flexibility index (Phi) is 9.02. The Morgan fingerprint density at radius 2 is 1.58 bits per heavy atom. The second-order valence-corrected chi connectivity index (χ2v) is 9.93. The molecule has 1 aliphatic carbocycles. The van der Waals surface area contributed by atoms with Gasteiger partial charge in [-0.2, -0.15) is 0 Å². The number of nitrogens with one attached hydrogen (secondary N) is 2. The molecule has 0 aliphatic heterocycles. The van der Waals surface area contributed by atoms with Crippen LogP contribution in [0.25, 0.3) is 0 Å². The van der Waals surface area contributed by atoms with Crippen LogP contribution in [0.5, 0.6) is 11.5 Å². The summed E-state index contributed by atoms with van der Waals surface area (Å²) in [5.74, 6) is 0.152. The Morgan fingerprint density at radius 3 is 2.26 bits per heavy atom. The van der Waals surface area contributed by atoms with Crippen LogP contribution < -0.4 is 20.1 Å². The van der Waals surface area contributed by atoms with E-state index in [0.717, 1.165) is 41.9 Å². The van der Waals surface area contributed by atoms with E-state index in [-0.39, 0.29) is 18.4 Å². The van der Waals surface area contributed by atoms with Crippen molar-refractivity contribution < 1.29 is 28.6 Å². The Bertz CT molecular complexity index is 1280. The Morgan fingerprint density at radius 1 is 0.895 bits per heavy atom. The number of carbonyl (C=O) groups is 3. The zero-order chi connectivity index (χ0) is 27.1. The van der Waals surface area contributed by atoms with E-state index in [2.05, 4.69) is 10.6 Å². The van der Waals surface area contributed by atoms with Gasteiger partial charge in [-0.1, -0.05) is 0 Å². The Hall–Kier alpha value is -3.85. The molecule has 0 saturated carbocycles. The predicted octanol–water partition coefficient (Wildman–Crippen LogP) is 5.86. The highest BCUT2D eigenvalue weighted by atomic mass is 32.1. The van der Waals surface area contributed by atoms with Gasteiger partial charge in [0, 0.05) is 16.1 Å². The highest BCUT2D eigenvalue weighted by Crippen LogP contribution is 2.38. The fourth-order valence-corrected chi connectivity index (χ4v) is 5.51. The largest absolute Gasteiger partial charge is 0.494 e. The highest BCUT2D eigenvalue weighted by molar-refractivity contribution is 7.17. The van der Waals surface area contributed by atoms with Crippen molar-refractivity contribution in [3.63, 3.8) is 0 Å². The molecule has 0 fully saturated rings. The molecule has 1 atom stereocenters. The van der Waals surface area contributed by atoms with E-state index in [1.807, 2.05) is 6.92 Å². The van der Waals surface area contributed by atoms with E-state index in [1.165, 1.54) is 11.3 Å². The number of anilines is 2. The minimum absolute atomic E-state index is 0.273. The summed E-state index contributed by atoms with van der Waals surface area (Å²) in [6.45, 7) is 6.17. The smallest absolute Gasteiger partial charge is 0.341 e. The van der Waals surface area contributed by atoms with Crippen LogP contribution in [0.2, 0.25) is 0 Å². The standard InChI is InChI=1S/C29H32N2O6S/c1-4-35-21-16-12-20(13-17-21)30-26(32)18(3)37-22-14-10-19(11-15-22)27(33)31-28-25(29(34)36-5-2)23-8-6-7-9-24(23)38-28/h10-18H,4-9H2,1-3H3,(H,30,32)(H,31,33)/t18-/m0/s1. The van der Waals surface area contributed by atoms with Crippen molar-refractivity contribution in [1.29, 1.82) is 0 Å². The fraction of sp³-hybridized carbons (Fsp3) is 0.345. The van der Waals surface area contributed by atoms with E-state index >= 15 is 0 Å². The van der Waals surface area contributed by atoms with Gasteiger partial charge in [-0.05, 0) is 101 Å². The molecule has 0 radical (unpaired) electrons. The molecule has 1 aromatic heterocycles. The third-order valence-corrected chi connectivity index (χ3v) is 7.32. The van der Waals surface area contributed by atoms with Gasteiger partial charge in [0.1, 0.15) is 16.5 Å². The quantitative estimate of drug-likeness (QED) is 0.315. The number of benzene rings is 2. The molecule has 3 aromatic rings. The highest BCUT2D eigenvalue weighted by Gasteiger charge is 2.27. The maximum absolute atomic E-state index is 13.0. The maximum Gasteiger partial charge on any atom is 0.341 e. The van der Waals surface area contributed by atoms with Gasteiger partial charge in [0.05, 0.1) is 18.8 Å². The number of carbonyl (C=O) groups excluding carboxylic acids is 3. The monoisotopic (exact) mass is 536 g/mol. The van der Waals surface area contributed by atoms with Crippen molar-refractivity contribution in [3.05, 3.63) is 70.1 Å².